The average molecular weight is 523 g/mol. The number of amides is 1. The molecular weight excluding hydrogens is 488 g/mol. The second-order valence-electron chi connectivity index (χ2n) is 9.31. The van der Waals surface area contributed by atoms with E-state index in [4.69, 9.17) is 9.47 Å². The molecule has 0 saturated heterocycles. The summed E-state index contributed by atoms with van der Waals surface area (Å²) in [5.41, 5.74) is 2.98. The van der Waals surface area contributed by atoms with Gasteiger partial charge in [0.25, 0.3) is 15.9 Å². The average Bonchev–Trinajstić information content (AvgIpc) is 2.89. The molecule has 0 radical (unpaired) electrons. The third-order valence-electron chi connectivity index (χ3n) is 6.73. The number of carbonyl (C=O) groups excluding carboxylic acids is 1. The van der Waals surface area contributed by atoms with Crippen molar-refractivity contribution in [3.63, 3.8) is 0 Å². The number of carbonyl (C=O) groups is 1. The number of nitrogens with one attached hydrogen (secondary N) is 2. The molecule has 0 spiro atoms. The zero-order chi connectivity index (χ0) is 26.4. The van der Waals surface area contributed by atoms with E-state index in [1.807, 2.05) is 32.0 Å². The van der Waals surface area contributed by atoms with Crippen LogP contribution in [0.3, 0.4) is 0 Å². The summed E-state index contributed by atoms with van der Waals surface area (Å²) in [4.78, 5) is 13.3. The lowest BCUT2D eigenvalue weighted by Crippen LogP contribution is -2.41. The molecular formula is C29H34N2O5S. The Morgan fingerprint density at radius 3 is 2.32 bits per heavy atom. The van der Waals surface area contributed by atoms with Gasteiger partial charge in [0.15, 0.2) is 11.5 Å². The van der Waals surface area contributed by atoms with Gasteiger partial charge < -0.3 is 14.8 Å². The van der Waals surface area contributed by atoms with E-state index in [0.717, 1.165) is 36.8 Å². The predicted octanol–water partition coefficient (Wildman–Crippen LogP) is 5.66. The summed E-state index contributed by atoms with van der Waals surface area (Å²) in [6.45, 7) is 4.38. The van der Waals surface area contributed by atoms with E-state index in [9.17, 15) is 13.2 Å². The van der Waals surface area contributed by atoms with Crippen LogP contribution in [0.5, 0.6) is 11.5 Å². The number of ether oxygens (including phenoxy) is 2. The van der Waals surface area contributed by atoms with Gasteiger partial charge >= 0.3 is 0 Å². The van der Waals surface area contributed by atoms with Crippen molar-refractivity contribution in [1.82, 2.24) is 5.32 Å². The molecule has 1 fully saturated rings. The van der Waals surface area contributed by atoms with Crippen molar-refractivity contribution < 1.29 is 22.7 Å². The maximum absolute atomic E-state index is 13.1. The van der Waals surface area contributed by atoms with E-state index < -0.39 is 10.0 Å². The van der Waals surface area contributed by atoms with Gasteiger partial charge in [-0.15, -0.1) is 0 Å². The summed E-state index contributed by atoms with van der Waals surface area (Å²) >= 11 is 0. The molecule has 1 saturated carbocycles. The molecule has 0 bridgehead atoms. The lowest BCUT2D eigenvalue weighted by atomic mass is 9.79. The highest BCUT2D eigenvalue weighted by atomic mass is 32.2. The Hall–Kier alpha value is -3.52. The summed E-state index contributed by atoms with van der Waals surface area (Å²) in [6, 6.07) is 19.1. The minimum absolute atomic E-state index is 0.0103. The van der Waals surface area contributed by atoms with Gasteiger partial charge in [0, 0.05) is 23.2 Å². The van der Waals surface area contributed by atoms with Crippen LogP contribution in [-0.4, -0.2) is 34.1 Å². The molecule has 0 aliphatic heterocycles. The van der Waals surface area contributed by atoms with Crippen LogP contribution in [0.1, 0.15) is 60.0 Å². The SMILES string of the molecule is CCOc1cc([C@H]2CCCC[C@H]2NC(=O)c2ccc(NS(=O)(=O)c3ccc(C)cc3)cc2)ccc1OC. The number of anilines is 1. The van der Waals surface area contributed by atoms with Gasteiger partial charge in [-0.2, -0.15) is 0 Å². The zero-order valence-electron chi connectivity index (χ0n) is 21.5. The van der Waals surface area contributed by atoms with Gasteiger partial charge in [0.1, 0.15) is 0 Å². The lowest BCUT2D eigenvalue weighted by Gasteiger charge is -2.33. The molecule has 8 heteroatoms. The van der Waals surface area contributed by atoms with E-state index in [0.29, 0.717) is 29.4 Å². The molecule has 1 amide bonds. The van der Waals surface area contributed by atoms with Crippen LogP contribution < -0.4 is 19.5 Å². The van der Waals surface area contributed by atoms with Crippen molar-refractivity contribution in [3.05, 3.63) is 83.4 Å². The maximum atomic E-state index is 13.1. The first kappa shape index (κ1) is 26.5. The summed E-state index contributed by atoms with van der Waals surface area (Å²) in [7, 11) is -2.08. The lowest BCUT2D eigenvalue weighted by molar-refractivity contribution is 0.0920. The maximum Gasteiger partial charge on any atom is 0.261 e. The zero-order valence-corrected chi connectivity index (χ0v) is 22.3. The van der Waals surface area contributed by atoms with Crippen LogP contribution in [0.15, 0.2) is 71.6 Å². The topological polar surface area (TPSA) is 93.7 Å². The number of rotatable bonds is 9. The molecule has 1 aliphatic carbocycles. The van der Waals surface area contributed by atoms with Crippen LogP contribution in [0.2, 0.25) is 0 Å². The van der Waals surface area contributed by atoms with E-state index in [2.05, 4.69) is 10.0 Å². The van der Waals surface area contributed by atoms with Crippen LogP contribution >= 0.6 is 0 Å². The molecule has 196 valence electrons. The van der Waals surface area contributed by atoms with Gasteiger partial charge in [-0.1, -0.05) is 36.6 Å². The molecule has 2 atom stereocenters. The Kier molecular flexibility index (Phi) is 8.38. The standard InChI is InChI=1S/C29H34N2O5S/c1-4-36-28-19-22(13-18-27(28)35-3)25-7-5-6-8-26(25)30-29(32)21-11-14-23(15-12-21)31-37(33,34)24-16-9-20(2)10-17-24/h9-19,25-26,31H,4-8H2,1-3H3,(H,30,32)/t25-,26-/m1/s1. The number of sulfonamides is 1. The molecule has 3 aromatic carbocycles. The first-order valence-corrected chi connectivity index (χ1v) is 14.1. The monoisotopic (exact) mass is 522 g/mol. The number of methoxy groups -OCH3 is 1. The van der Waals surface area contributed by atoms with Crippen LogP contribution in [-0.2, 0) is 10.0 Å². The number of aryl methyl sites for hydroxylation is 1. The van der Waals surface area contributed by atoms with Gasteiger partial charge in [0.2, 0.25) is 0 Å². The first-order valence-electron chi connectivity index (χ1n) is 12.6. The molecule has 37 heavy (non-hydrogen) atoms. The van der Waals surface area contributed by atoms with Crippen molar-refractivity contribution in [3.8, 4) is 11.5 Å². The number of hydrogen-bond donors (Lipinski definition) is 2. The third kappa shape index (κ3) is 6.43. The molecule has 7 nitrogen and oxygen atoms in total. The van der Waals surface area contributed by atoms with Crippen molar-refractivity contribution in [2.45, 2.75) is 56.4 Å². The van der Waals surface area contributed by atoms with Gasteiger partial charge in [-0.3, -0.25) is 9.52 Å². The summed E-state index contributed by atoms with van der Waals surface area (Å²) in [5, 5.41) is 3.21. The number of hydrogen-bond acceptors (Lipinski definition) is 5. The highest BCUT2D eigenvalue weighted by Crippen LogP contribution is 2.37. The minimum atomic E-state index is -3.71. The van der Waals surface area contributed by atoms with E-state index in [1.54, 1.807) is 55.6 Å². The van der Waals surface area contributed by atoms with E-state index >= 15 is 0 Å². The minimum Gasteiger partial charge on any atom is -0.493 e. The van der Waals surface area contributed by atoms with Crippen LogP contribution in [0, 0.1) is 6.92 Å². The molecule has 0 aromatic heterocycles. The van der Waals surface area contributed by atoms with Crippen molar-refractivity contribution in [1.29, 1.82) is 0 Å². The van der Waals surface area contributed by atoms with Crippen molar-refractivity contribution in [2.75, 3.05) is 18.4 Å². The smallest absolute Gasteiger partial charge is 0.261 e. The summed E-state index contributed by atoms with van der Waals surface area (Å²) < 4.78 is 39.1. The van der Waals surface area contributed by atoms with Gasteiger partial charge in [-0.05, 0) is 80.8 Å². The molecule has 1 aliphatic rings. The predicted molar refractivity (Wildman–Crippen MR) is 145 cm³/mol. The fourth-order valence-corrected chi connectivity index (χ4v) is 5.83. The highest BCUT2D eigenvalue weighted by molar-refractivity contribution is 7.92. The normalized spacial score (nSPS) is 17.6. The number of benzene rings is 3. The Morgan fingerprint density at radius 1 is 0.946 bits per heavy atom. The first-order chi connectivity index (χ1) is 17.8. The molecule has 0 unspecified atom stereocenters. The largest absolute Gasteiger partial charge is 0.493 e. The Morgan fingerprint density at radius 2 is 1.65 bits per heavy atom. The second-order valence-corrected chi connectivity index (χ2v) is 11.0. The van der Waals surface area contributed by atoms with Gasteiger partial charge in [-0.25, -0.2) is 8.42 Å². The van der Waals surface area contributed by atoms with Crippen LogP contribution in [0.25, 0.3) is 0 Å². The van der Waals surface area contributed by atoms with Crippen molar-refractivity contribution >= 4 is 21.6 Å². The molecule has 3 aromatic rings. The molecule has 2 N–H and O–H groups in total. The third-order valence-corrected chi connectivity index (χ3v) is 8.13. The molecule has 4 rings (SSSR count). The molecule has 0 heterocycles. The fourth-order valence-electron chi connectivity index (χ4n) is 4.77. The Balaban J connectivity index is 1.45. The Labute approximate surface area is 219 Å². The summed E-state index contributed by atoms with van der Waals surface area (Å²) in [6.07, 6.45) is 4.02. The quantitative estimate of drug-likeness (QED) is 0.378. The summed E-state index contributed by atoms with van der Waals surface area (Å²) in [5.74, 6) is 1.40. The Bertz CT molecular complexity index is 1320. The second kappa shape index (κ2) is 11.7. The van der Waals surface area contributed by atoms with E-state index in [-0.39, 0.29) is 22.8 Å². The van der Waals surface area contributed by atoms with Crippen LogP contribution in [0.4, 0.5) is 5.69 Å². The van der Waals surface area contributed by atoms with E-state index in [1.165, 1.54) is 0 Å². The fraction of sp³-hybridized carbons (Fsp3) is 0.345. The van der Waals surface area contributed by atoms with Crippen molar-refractivity contribution in [2.24, 2.45) is 0 Å². The van der Waals surface area contributed by atoms with Gasteiger partial charge in [0.05, 0.1) is 18.6 Å². The highest BCUT2D eigenvalue weighted by Gasteiger charge is 2.29.